The molecule has 0 bridgehead atoms. The van der Waals surface area contributed by atoms with Gasteiger partial charge in [-0.1, -0.05) is 80.1 Å². The van der Waals surface area contributed by atoms with E-state index in [1.807, 2.05) is 0 Å². The van der Waals surface area contributed by atoms with Crippen molar-refractivity contribution in [3.05, 3.63) is 83.4 Å². The van der Waals surface area contributed by atoms with E-state index >= 15 is 0 Å². The van der Waals surface area contributed by atoms with Gasteiger partial charge in [0, 0.05) is 0 Å². The first-order valence-corrected chi connectivity index (χ1v) is 9.65. The highest BCUT2D eigenvalue weighted by molar-refractivity contribution is 5.74. The van der Waals surface area contributed by atoms with Crippen LogP contribution in [0.4, 0.5) is 0 Å². The molecule has 1 heteroatoms. The summed E-state index contributed by atoms with van der Waals surface area (Å²) in [7, 11) is 1.72. The average Bonchev–Trinajstić information content (AvgIpc) is 2.71. The van der Waals surface area contributed by atoms with Crippen LogP contribution >= 0.6 is 0 Å². The second-order valence-corrected chi connectivity index (χ2v) is 6.96. The molecule has 3 aromatic rings. The van der Waals surface area contributed by atoms with Gasteiger partial charge in [0.15, 0.2) is 0 Å². The maximum atomic E-state index is 5.43. The molecule has 1 nitrogen and oxygen atoms in total. The first kappa shape index (κ1) is 19.0. The molecular weight excluding hydrogens is 328 g/mol. The van der Waals surface area contributed by atoms with Crippen molar-refractivity contribution >= 4 is 6.08 Å². The molecule has 0 aliphatic heterocycles. The Morgan fingerprint density at radius 3 is 1.93 bits per heavy atom. The minimum atomic E-state index is 0.945. The van der Waals surface area contributed by atoms with Crippen molar-refractivity contribution < 1.29 is 4.74 Å². The second-order valence-electron chi connectivity index (χ2n) is 6.96. The number of unbranched alkanes of at least 4 members (excludes halogenated alkanes) is 1. The van der Waals surface area contributed by atoms with E-state index in [1.165, 1.54) is 45.4 Å². The third-order valence-electron chi connectivity index (χ3n) is 5.16. The molecule has 138 valence electrons. The fourth-order valence-electron chi connectivity index (χ4n) is 3.34. The van der Waals surface area contributed by atoms with E-state index in [2.05, 4.69) is 93.6 Å². The molecule has 0 unspecified atom stereocenters. The predicted molar refractivity (Wildman–Crippen MR) is 117 cm³/mol. The van der Waals surface area contributed by atoms with Crippen LogP contribution in [0.15, 0.2) is 66.7 Å². The monoisotopic (exact) mass is 356 g/mol. The number of hydrogen-bond acceptors (Lipinski definition) is 1. The summed E-state index contributed by atoms with van der Waals surface area (Å²) in [6, 6.07) is 21.8. The number of rotatable bonds is 6. The van der Waals surface area contributed by atoms with Gasteiger partial charge < -0.3 is 4.74 Å². The van der Waals surface area contributed by atoms with Gasteiger partial charge in [-0.15, -0.1) is 0 Å². The summed E-state index contributed by atoms with van der Waals surface area (Å²) in [6.07, 6.45) is 6.76. The molecular formula is C26H28O. The molecule has 0 heterocycles. The lowest BCUT2D eigenvalue weighted by Crippen LogP contribution is -1.93. The van der Waals surface area contributed by atoms with Gasteiger partial charge in [0.2, 0.25) is 0 Å². The van der Waals surface area contributed by atoms with E-state index in [1.54, 1.807) is 7.11 Å². The van der Waals surface area contributed by atoms with Gasteiger partial charge in [0.1, 0.15) is 5.75 Å². The van der Waals surface area contributed by atoms with Gasteiger partial charge in [-0.05, 0) is 65.3 Å². The molecule has 0 saturated carbocycles. The van der Waals surface area contributed by atoms with Crippen molar-refractivity contribution in [1.29, 1.82) is 0 Å². The third kappa shape index (κ3) is 4.31. The Morgan fingerprint density at radius 2 is 1.33 bits per heavy atom. The molecule has 0 N–H and O–H groups in total. The van der Waals surface area contributed by atoms with Crippen LogP contribution in [-0.4, -0.2) is 7.11 Å². The molecule has 0 aliphatic rings. The van der Waals surface area contributed by atoms with Crippen molar-refractivity contribution in [2.24, 2.45) is 0 Å². The Balaban J connectivity index is 1.83. The SMILES string of the molecule is CCC/C=C/c1ccc(-c2ccc(-c3ccc(OC)c(C)c3C)cc2)cc1. The Morgan fingerprint density at radius 1 is 0.741 bits per heavy atom. The van der Waals surface area contributed by atoms with Crippen LogP contribution in [0.25, 0.3) is 28.3 Å². The molecule has 0 aromatic heterocycles. The zero-order chi connectivity index (χ0) is 19.2. The fraction of sp³-hybridized carbons (Fsp3) is 0.231. The lowest BCUT2D eigenvalue weighted by atomic mass is 9.94. The number of allylic oxidation sites excluding steroid dienone is 1. The maximum Gasteiger partial charge on any atom is 0.122 e. The highest BCUT2D eigenvalue weighted by Gasteiger charge is 2.08. The Labute approximate surface area is 163 Å². The first-order valence-electron chi connectivity index (χ1n) is 9.65. The van der Waals surface area contributed by atoms with Crippen molar-refractivity contribution in [3.8, 4) is 28.0 Å². The van der Waals surface area contributed by atoms with Crippen LogP contribution < -0.4 is 4.74 Å². The Hall–Kier alpha value is -2.80. The summed E-state index contributed by atoms with van der Waals surface area (Å²) in [5.74, 6) is 0.945. The number of methoxy groups -OCH3 is 1. The van der Waals surface area contributed by atoms with E-state index in [-0.39, 0.29) is 0 Å². The van der Waals surface area contributed by atoms with E-state index in [0.717, 1.165) is 12.2 Å². The molecule has 3 aromatic carbocycles. The van der Waals surface area contributed by atoms with E-state index < -0.39 is 0 Å². The van der Waals surface area contributed by atoms with Crippen molar-refractivity contribution in [1.82, 2.24) is 0 Å². The highest BCUT2D eigenvalue weighted by atomic mass is 16.5. The second kappa shape index (κ2) is 8.73. The molecule has 0 spiro atoms. The zero-order valence-corrected chi connectivity index (χ0v) is 16.8. The number of hydrogen-bond donors (Lipinski definition) is 0. The molecule has 0 amide bonds. The summed E-state index contributed by atoms with van der Waals surface area (Å²) in [5.41, 5.74) is 8.71. The minimum Gasteiger partial charge on any atom is -0.496 e. The summed E-state index contributed by atoms with van der Waals surface area (Å²) in [5, 5.41) is 0. The quantitative estimate of drug-likeness (QED) is 0.445. The Bertz CT molecular complexity index is 916. The zero-order valence-electron chi connectivity index (χ0n) is 16.8. The first-order chi connectivity index (χ1) is 13.1. The van der Waals surface area contributed by atoms with Gasteiger partial charge in [-0.2, -0.15) is 0 Å². The van der Waals surface area contributed by atoms with Crippen LogP contribution in [0.1, 0.15) is 36.5 Å². The van der Waals surface area contributed by atoms with Gasteiger partial charge in [-0.3, -0.25) is 0 Å². The minimum absolute atomic E-state index is 0.945. The van der Waals surface area contributed by atoms with Crippen LogP contribution in [0, 0.1) is 13.8 Å². The fourth-order valence-corrected chi connectivity index (χ4v) is 3.34. The van der Waals surface area contributed by atoms with Crippen LogP contribution in [-0.2, 0) is 0 Å². The van der Waals surface area contributed by atoms with Crippen LogP contribution in [0.5, 0.6) is 5.75 Å². The number of ether oxygens (including phenoxy) is 1. The van der Waals surface area contributed by atoms with Gasteiger partial charge >= 0.3 is 0 Å². The number of benzene rings is 3. The molecule has 0 fully saturated rings. The predicted octanol–water partition coefficient (Wildman–Crippen LogP) is 7.46. The van der Waals surface area contributed by atoms with Crippen molar-refractivity contribution in [2.45, 2.75) is 33.6 Å². The highest BCUT2D eigenvalue weighted by Crippen LogP contribution is 2.32. The topological polar surface area (TPSA) is 9.23 Å². The van der Waals surface area contributed by atoms with E-state index in [0.29, 0.717) is 0 Å². The lowest BCUT2D eigenvalue weighted by molar-refractivity contribution is 0.411. The maximum absolute atomic E-state index is 5.43. The van der Waals surface area contributed by atoms with Gasteiger partial charge in [-0.25, -0.2) is 0 Å². The molecule has 0 aliphatic carbocycles. The van der Waals surface area contributed by atoms with Crippen molar-refractivity contribution in [2.75, 3.05) is 7.11 Å². The smallest absolute Gasteiger partial charge is 0.122 e. The van der Waals surface area contributed by atoms with Gasteiger partial charge in [0.05, 0.1) is 7.11 Å². The van der Waals surface area contributed by atoms with E-state index in [4.69, 9.17) is 4.74 Å². The summed E-state index contributed by atoms with van der Waals surface area (Å²) >= 11 is 0. The molecule has 0 saturated heterocycles. The molecule has 27 heavy (non-hydrogen) atoms. The summed E-state index contributed by atoms with van der Waals surface area (Å²) < 4.78 is 5.43. The normalized spacial score (nSPS) is 11.1. The van der Waals surface area contributed by atoms with E-state index in [9.17, 15) is 0 Å². The summed E-state index contributed by atoms with van der Waals surface area (Å²) in [6.45, 7) is 6.47. The standard InChI is InChI=1S/C26H28O/c1-5-6-7-8-21-9-11-22(12-10-21)23-13-15-24(16-14-23)25-17-18-26(27-4)20(3)19(25)2/h7-18H,5-6H2,1-4H3/b8-7+. The van der Waals surface area contributed by atoms with Gasteiger partial charge in [0.25, 0.3) is 0 Å². The average molecular weight is 357 g/mol. The molecule has 0 radical (unpaired) electrons. The summed E-state index contributed by atoms with van der Waals surface area (Å²) in [4.78, 5) is 0. The molecule has 0 atom stereocenters. The third-order valence-corrected chi connectivity index (χ3v) is 5.16. The van der Waals surface area contributed by atoms with Crippen LogP contribution in [0.2, 0.25) is 0 Å². The Kier molecular flexibility index (Phi) is 6.13. The lowest BCUT2D eigenvalue weighted by Gasteiger charge is -2.13. The van der Waals surface area contributed by atoms with Crippen LogP contribution in [0.3, 0.4) is 0 Å². The molecule has 3 rings (SSSR count). The van der Waals surface area contributed by atoms with Crippen molar-refractivity contribution in [3.63, 3.8) is 0 Å². The largest absolute Gasteiger partial charge is 0.496 e.